The van der Waals surface area contributed by atoms with Crippen LogP contribution in [0, 0.1) is 0 Å². The van der Waals surface area contributed by atoms with Gasteiger partial charge in [-0.15, -0.1) is 0 Å². The van der Waals surface area contributed by atoms with E-state index in [1.807, 2.05) is 0 Å². The first-order chi connectivity index (χ1) is 12.8. The van der Waals surface area contributed by atoms with E-state index in [4.69, 9.17) is 0 Å². The summed E-state index contributed by atoms with van der Waals surface area (Å²) in [5.41, 5.74) is -1.14. The highest BCUT2D eigenvalue weighted by atomic mass is 19.4. The number of fused-ring (bicyclic) bond motifs is 1. The molecule has 9 heteroatoms. The fraction of sp³-hybridized carbons (Fsp3) is 0.278. The Bertz CT molecular complexity index is 1050. The van der Waals surface area contributed by atoms with Crippen LogP contribution in [0.25, 0.3) is 16.6 Å². The minimum Gasteiger partial charge on any atom is -0.391 e. The Balaban J connectivity index is 2.02. The van der Waals surface area contributed by atoms with Crippen LogP contribution in [0.5, 0.6) is 0 Å². The number of pyridine rings is 1. The molecule has 1 aliphatic heterocycles. The van der Waals surface area contributed by atoms with E-state index in [1.165, 1.54) is 18.5 Å². The number of hydrogen-bond acceptors (Lipinski definition) is 5. The summed E-state index contributed by atoms with van der Waals surface area (Å²) in [6, 6.07) is 6.40. The molecule has 6 nitrogen and oxygen atoms in total. The van der Waals surface area contributed by atoms with Crippen molar-refractivity contribution in [2.24, 2.45) is 0 Å². The molecular weight excluding hydrogens is 361 g/mol. The molecule has 1 N–H and O–H groups in total. The molecule has 0 bridgehead atoms. The molecule has 140 valence electrons. The van der Waals surface area contributed by atoms with Gasteiger partial charge in [-0.25, -0.2) is 4.79 Å². The van der Waals surface area contributed by atoms with Crippen molar-refractivity contribution in [3.05, 3.63) is 58.8 Å². The van der Waals surface area contributed by atoms with E-state index < -0.39 is 23.5 Å². The number of aliphatic hydroxyl groups is 1. The smallest absolute Gasteiger partial charge is 0.391 e. The Kier molecular flexibility index (Phi) is 4.11. The Morgan fingerprint density at radius 1 is 1.22 bits per heavy atom. The van der Waals surface area contributed by atoms with E-state index in [-0.39, 0.29) is 17.9 Å². The van der Waals surface area contributed by atoms with Crippen LogP contribution in [0.4, 0.5) is 19.0 Å². The summed E-state index contributed by atoms with van der Waals surface area (Å²) >= 11 is 0. The molecule has 1 atom stereocenters. The highest BCUT2D eigenvalue weighted by molar-refractivity contribution is 5.91. The van der Waals surface area contributed by atoms with Gasteiger partial charge in [0.05, 0.1) is 29.1 Å². The van der Waals surface area contributed by atoms with Gasteiger partial charge in [-0.1, -0.05) is 0 Å². The summed E-state index contributed by atoms with van der Waals surface area (Å²) in [5.74, 6) is 0.278. The van der Waals surface area contributed by atoms with Crippen molar-refractivity contribution in [3.8, 4) is 5.69 Å². The second-order valence-corrected chi connectivity index (χ2v) is 6.38. The molecule has 0 aliphatic carbocycles. The Labute approximate surface area is 151 Å². The second kappa shape index (κ2) is 6.34. The number of nitrogens with zero attached hydrogens (tertiary/aromatic N) is 4. The number of benzene rings is 1. The Morgan fingerprint density at radius 2 is 2.04 bits per heavy atom. The lowest BCUT2D eigenvalue weighted by Gasteiger charge is -2.21. The molecule has 2 aromatic heterocycles. The minimum absolute atomic E-state index is 0.0919. The topological polar surface area (TPSA) is 71.2 Å². The maximum absolute atomic E-state index is 13.2. The summed E-state index contributed by atoms with van der Waals surface area (Å²) in [6.07, 6.45) is -1.70. The quantitative estimate of drug-likeness (QED) is 0.744. The first-order valence-corrected chi connectivity index (χ1v) is 8.32. The van der Waals surface area contributed by atoms with Gasteiger partial charge in [-0.2, -0.15) is 18.2 Å². The van der Waals surface area contributed by atoms with Gasteiger partial charge in [0.25, 0.3) is 0 Å². The molecule has 4 rings (SSSR count). The summed E-state index contributed by atoms with van der Waals surface area (Å²) in [6.45, 7) is 0.750. The fourth-order valence-electron chi connectivity index (χ4n) is 3.30. The van der Waals surface area contributed by atoms with Gasteiger partial charge in [-0.3, -0.25) is 9.55 Å². The first kappa shape index (κ1) is 17.5. The number of aliphatic hydroxyl groups excluding tert-OH is 1. The molecule has 0 unspecified atom stereocenters. The Morgan fingerprint density at radius 3 is 2.67 bits per heavy atom. The maximum Gasteiger partial charge on any atom is 0.416 e. The molecule has 0 spiro atoms. The van der Waals surface area contributed by atoms with Gasteiger partial charge >= 0.3 is 11.9 Å². The van der Waals surface area contributed by atoms with Gasteiger partial charge in [0.2, 0.25) is 0 Å². The van der Waals surface area contributed by atoms with E-state index in [9.17, 15) is 23.1 Å². The lowest BCUT2D eigenvalue weighted by Crippen LogP contribution is -2.29. The summed E-state index contributed by atoms with van der Waals surface area (Å²) < 4.78 is 40.9. The number of rotatable bonds is 2. The van der Waals surface area contributed by atoms with Crippen molar-refractivity contribution in [2.75, 3.05) is 18.0 Å². The third-order valence-electron chi connectivity index (χ3n) is 4.57. The normalized spacial score (nSPS) is 17.6. The SMILES string of the molecule is O=c1nc(N2CC[C@@H](O)C2)c2ccc(C(F)(F)F)cc2n1-c1cccnc1. The standard InChI is InChI=1S/C18H15F3N4O2/c19-18(20,21)11-3-4-14-15(8-11)25(12-2-1-6-22-9-12)17(27)23-16(14)24-7-5-13(26)10-24/h1-4,6,8-9,13,26H,5,7,10H2/t13-/m1/s1. The average Bonchev–Trinajstić information content (AvgIpc) is 3.06. The number of alkyl halides is 3. The molecule has 27 heavy (non-hydrogen) atoms. The average molecular weight is 376 g/mol. The van der Waals surface area contributed by atoms with Crippen LogP contribution in [0.2, 0.25) is 0 Å². The minimum atomic E-state index is -4.54. The van der Waals surface area contributed by atoms with Crippen LogP contribution < -0.4 is 10.6 Å². The zero-order valence-corrected chi connectivity index (χ0v) is 14.0. The van der Waals surface area contributed by atoms with E-state index in [2.05, 4.69) is 9.97 Å². The second-order valence-electron chi connectivity index (χ2n) is 6.38. The zero-order valence-electron chi connectivity index (χ0n) is 14.0. The lowest BCUT2D eigenvalue weighted by molar-refractivity contribution is -0.137. The third kappa shape index (κ3) is 3.14. The first-order valence-electron chi connectivity index (χ1n) is 8.32. The molecule has 1 saturated heterocycles. The lowest BCUT2D eigenvalue weighted by atomic mass is 10.1. The largest absolute Gasteiger partial charge is 0.416 e. The van der Waals surface area contributed by atoms with Crippen LogP contribution in [0.3, 0.4) is 0 Å². The molecule has 0 amide bonds. The van der Waals surface area contributed by atoms with E-state index in [1.54, 1.807) is 17.0 Å². The molecule has 1 aromatic carbocycles. The predicted molar refractivity (Wildman–Crippen MR) is 93.0 cm³/mol. The van der Waals surface area contributed by atoms with Crippen LogP contribution in [-0.2, 0) is 6.18 Å². The number of halogens is 3. The van der Waals surface area contributed by atoms with Crippen LogP contribution in [0.1, 0.15) is 12.0 Å². The Hall–Kier alpha value is -2.94. The highest BCUT2D eigenvalue weighted by Gasteiger charge is 2.32. The van der Waals surface area contributed by atoms with Gasteiger partial charge in [0.1, 0.15) is 5.82 Å². The molecular formula is C18H15F3N4O2. The fourth-order valence-corrected chi connectivity index (χ4v) is 3.30. The molecule has 0 saturated carbocycles. The van der Waals surface area contributed by atoms with Crippen molar-refractivity contribution in [3.63, 3.8) is 0 Å². The van der Waals surface area contributed by atoms with E-state index in [0.29, 0.717) is 24.0 Å². The summed E-state index contributed by atoms with van der Waals surface area (Å²) in [7, 11) is 0. The van der Waals surface area contributed by atoms with Crippen molar-refractivity contribution >= 4 is 16.7 Å². The van der Waals surface area contributed by atoms with Gasteiger partial charge in [0, 0.05) is 24.7 Å². The van der Waals surface area contributed by atoms with Crippen LogP contribution >= 0.6 is 0 Å². The number of hydrogen-bond donors (Lipinski definition) is 1. The van der Waals surface area contributed by atoms with Gasteiger partial charge in [-0.05, 0) is 36.8 Å². The molecule has 3 heterocycles. The molecule has 3 aromatic rings. The molecule has 0 radical (unpaired) electrons. The summed E-state index contributed by atoms with van der Waals surface area (Å²) in [4.78, 5) is 22.5. The van der Waals surface area contributed by atoms with Crippen molar-refractivity contribution < 1.29 is 18.3 Å². The van der Waals surface area contributed by atoms with Crippen molar-refractivity contribution in [1.82, 2.24) is 14.5 Å². The third-order valence-corrected chi connectivity index (χ3v) is 4.57. The van der Waals surface area contributed by atoms with E-state index >= 15 is 0 Å². The van der Waals surface area contributed by atoms with Crippen LogP contribution in [0.15, 0.2) is 47.5 Å². The number of β-amino-alcohol motifs (C(OH)–C–C–N with tert-alkyl or cyclic N) is 1. The van der Waals surface area contributed by atoms with Crippen molar-refractivity contribution in [1.29, 1.82) is 0 Å². The highest BCUT2D eigenvalue weighted by Crippen LogP contribution is 2.34. The monoisotopic (exact) mass is 376 g/mol. The van der Waals surface area contributed by atoms with E-state index in [0.717, 1.165) is 16.7 Å². The zero-order chi connectivity index (χ0) is 19.2. The number of aromatic nitrogens is 3. The van der Waals surface area contributed by atoms with Crippen LogP contribution in [-0.4, -0.2) is 38.8 Å². The summed E-state index contributed by atoms with van der Waals surface area (Å²) in [5, 5.41) is 10.2. The van der Waals surface area contributed by atoms with Gasteiger partial charge < -0.3 is 10.0 Å². The van der Waals surface area contributed by atoms with Gasteiger partial charge in [0.15, 0.2) is 0 Å². The predicted octanol–water partition coefficient (Wildman–Crippen LogP) is 2.37. The maximum atomic E-state index is 13.2. The number of anilines is 1. The van der Waals surface area contributed by atoms with Crippen molar-refractivity contribution in [2.45, 2.75) is 18.7 Å². The molecule has 1 fully saturated rings. The molecule has 1 aliphatic rings.